The van der Waals surface area contributed by atoms with Crippen LogP contribution in [0.25, 0.3) is 0 Å². The van der Waals surface area contributed by atoms with Gasteiger partial charge in [-0.3, -0.25) is 9.59 Å². The van der Waals surface area contributed by atoms with E-state index in [1.54, 1.807) is 6.08 Å². The normalized spacial score (nSPS) is 17.5. The molecule has 0 saturated carbocycles. The van der Waals surface area contributed by atoms with Crippen molar-refractivity contribution in [1.82, 2.24) is 0 Å². The minimum atomic E-state index is -0.422. The van der Waals surface area contributed by atoms with Gasteiger partial charge in [-0.15, -0.1) is 0 Å². The third kappa shape index (κ3) is 1.64. The molecular weight excluding hydrogens is 140 g/mol. The quantitative estimate of drug-likeness (QED) is 0.416. The van der Waals surface area contributed by atoms with Gasteiger partial charge in [-0.1, -0.05) is 19.9 Å². The molecule has 0 aromatic carbocycles. The van der Waals surface area contributed by atoms with Gasteiger partial charge in [-0.25, -0.2) is 0 Å². The average Bonchev–Trinajstić information content (AvgIpc) is 1.94. The molecule has 58 valence electrons. The minimum Gasteiger partial charge on any atom is -0.286 e. The number of carbonyl (C=O) groups is 2. The minimum absolute atomic E-state index is 0.309. The molecule has 2 heteroatoms. The molecule has 1 aliphatic rings. The van der Waals surface area contributed by atoms with E-state index in [0.717, 1.165) is 5.57 Å². The molecule has 0 heterocycles. The van der Waals surface area contributed by atoms with Crippen LogP contribution in [0, 0.1) is 5.92 Å². The van der Waals surface area contributed by atoms with Gasteiger partial charge in [0.25, 0.3) is 0 Å². The highest BCUT2D eigenvalue weighted by molar-refractivity contribution is 6.46. The lowest BCUT2D eigenvalue weighted by Gasteiger charge is -2.07. The number of hydrogen-bond donors (Lipinski definition) is 0. The van der Waals surface area contributed by atoms with Crippen molar-refractivity contribution in [2.45, 2.75) is 13.8 Å². The summed E-state index contributed by atoms with van der Waals surface area (Å²) in [4.78, 5) is 21.5. The maximum absolute atomic E-state index is 10.8. The molecule has 0 amide bonds. The first-order chi connectivity index (χ1) is 5.11. The Balaban J connectivity index is 2.89. The summed E-state index contributed by atoms with van der Waals surface area (Å²) in [5.74, 6) is -0.520. The largest absolute Gasteiger partial charge is 0.286 e. The fourth-order valence-corrected chi connectivity index (χ4v) is 0.884. The molecule has 11 heavy (non-hydrogen) atoms. The number of hydrogen-bond acceptors (Lipinski definition) is 2. The van der Waals surface area contributed by atoms with Gasteiger partial charge in [0.1, 0.15) is 0 Å². The standard InChI is InChI=1S/C9H10O2/c1-6(2)7-3-4-8(10)9(11)5-7/h3-6H,1-2H3. The van der Waals surface area contributed by atoms with E-state index in [1.807, 2.05) is 13.8 Å². The molecule has 0 aromatic rings. The molecule has 1 rings (SSSR count). The molecule has 0 N–H and O–H groups in total. The van der Waals surface area contributed by atoms with Crippen molar-refractivity contribution >= 4 is 11.6 Å². The molecule has 0 atom stereocenters. The van der Waals surface area contributed by atoms with Gasteiger partial charge < -0.3 is 0 Å². The van der Waals surface area contributed by atoms with Crippen LogP contribution in [0.15, 0.2) is 23.8 Å². The number of allylic oxidation sites excluding steroid dienone is 4. The average molecular weight is 150 g/mol. The van der Waals surface area contributed by atoms with Gasteiger partial charge in [0.15, 0.2) is 0 Å². The highest BCUT2D eigenvalue weighted by Gasteiger charge is 2.14. The van der Waals surface area contributed by atoms with Crippen LogP contribution in [-0.2, 0) is 9.59 Å². The summed E-state index contributed by atoms with van der Waals surface area (Å²) in [5, 5.41) is 0. The number of rotatable bonds is 1. The van der Waals surface area contributed by atoms with Gasteiger partial charge in [-0.2, -0.15) is 0 Å². The Kier molecular flexibility index (Phi) is 2.03. The Morgan fingerprint density at radius 2 is 1.73 bits per heavy atom. The lowest BCUT2D eigenvalue weighted by atomic mass is 9.96. The van der Waals surface area contributed by atoms with Crippen LogP contribution in [0.4, 0.5) is 0 Å². The van der Waals surface area contributed by atoms with Crippen molar-refractivity contribution in [3.8, 4) is 0 Å². The monoisotopic (exact) mass is 150 g/mol. The van der Waals surface area contributed by atoms with Gasteiger partial charge in [0.2, 0.25) is 11.6 Å². The summed E-state index contributed by atoms with van der Waals surface area (Å²) in [6, 6.07) is 0. The summed E-state index contributed by atoms with van der Waals surface area (Å²) >= 11 is 0. The Morgan fingerprint density at radius 3 is 2.18 bits per heavy atom. The van der Waals surface area contributed by atoms with E-state index < -0.39 is 11.6 Å². The van der Waals surface area contributed by atoms with Gasteiger partial charge >= 0.3 is 0 Å². The predicted octanol–water partition coefficient (Wildman–Crippen LogP) is 1.28. The van der Waals surface area contributed by atoms with Crippen molar-refractivity contribution in [1.29, 1.82) is 0 Å². The zero-order valence-electron chi connectivity index (χ0n) is 6.63. The molecule has 1 aliphatic carbocycles. The molecule has 0 aromatic heterocycles. The lowest BCUT2D eigenvalue weighted by molar-refractivity contribution is -0.131. The smallest absolute Gasteiger partial charge is 0.225 e. The second kappa shape index (κ2) is 2.82. The summed E-state index contributed by atoms with van der Waals surface area (Å²) < 4.78 is 0. The molecule has 0 spiro atoms. The zero-order chi connectivity index (χ0) is 8.43. The molecule has 0 radical (unpaired) electrons. The van der Waals surface area contributed by atoms with E-state index in [0.29, 0.717) is 5.92 Å². The molecule has 0 bridgehead atoms. The van der Waals surface area contributed by atoms with Crippen LogP contribution in [0.3, 0.4) is 0 Å². The van der Waals surface area contributed by atoms with Gasteiger partial charge in [-0.05, 0) is 23.6 Å². The van der Waals surface area contributed by atoms with Crippen LogP contribution in [0.1, 0.15) is 13.8 Å². The first-order valence-corrected chi connectivity index (χ1v) is 3.59. The lowest BCUT2D eigenvalue weighted by Crippen LogP contribution is -2.13. The third-order valence-corrected chi connectivity index (χ3v) is 1.63. The summed E-state index contributed by atoms with van der Waals surface area (Å²) in [6.45, 7) is 3.97. The molecule has 0 saturated heterocycles. The van der Waals surface area contributed by atoms with Crippen molar-refractivity contribution in [3.05, 3.63) is 23.8 Å². The van der Waals surface area contributed by atoms with Gasteiger partial charge in [0, 0.05) is 0 Å². The van der Waals surface area contributed by atoms with Crippen molar-refractivity contribution in [2.24, 2.45) is 5.92 Å². The Bertz CT molecular complexity index is 257. The second-order valence-electron chi connectivity index (χ2n) is 2.86. The van der Waals surface area contributed by atoms with Crippen molar-refractivity contribution in [3.63, 3.8) is 0 Å². The Labute approximate surface area is 65.6 Å². The number of carbonyl (C=O) groups excluding carboxylic acids is 2. The second-order valence-corrected chi connectivity index (χ2v) is 2.86. The van der Waals surface area contributed by atoms with Crippen molar-refractivity contribution < 1.29 is 9.59 Å². The van der Waals surface area contributed by atoms with E-state index in [2.05, 4.69) is 0 Å². The SMILES string of the molecule is CC(C)C1=CC(=O)C(=O)C=C1. The third-order valence-electron chi connectivity index (χ3n) is 1.63. The van der Waals surface area contributed by atoms with Crippen molar-refractivity contribution in [2.75, 3.05) is 0 Å². The maximum atomic E-state index is 10.8. The van der Waals surface area contributed by atoms with Crippen LogP contribution in [0.2, 0.25) is 0 Å². The highest BCUT2D eigenvalue weighted by Crippen LogP contribution is 2.14. The van der Waals surface area contributed by atoms with E-state index in [-0.39, 0.29) is 0 Å². The molecular formula is C9H10O2. The van der Waals surface area contributed by atoms with Crippen LogP contribution in [0.5, 0.6) is 0 Å². The highest BCUT2D eigenvalue weighted by atomic mass is 16.2. The van der Waals surface area contributed by atoms with E-state index >= 15 is 0 Å². The molecule has 0 aliphatic heterocycles. The first-order valence-electron chi connectivity index (χ1n) is 3.59. The molecule has 0 fully saturated rings. The maximum Gasteiger partial charge on any atom is 0.225 e. The van der Waals surface area contributed by atoms with Crippen LogP contribution in [-0.4, -0.2) is 11.6 Å². The Hall–Kier alpha value is -1.18. The van der Waals surface area contributed by atoms with Gasteiger partial charge in [0.05, 0.1) is 0 Å². The fourth-order valence-electron chi connectivity index (χ4n) is 0.884. The van der Waals surface area contributed by atoms with E-state index in [4.69, 9.17) is 0 Å². The van der Waals surface area contributed by atoms with E-state index in [9.17, 15) is 9.59 Å². The molecule has 0 unspecified atom stereocenters. The Morgan fingerprint density at radius 1 is 1.09 bits per heavy atom. The summed E-state index contributed by atoms with van der Waals surface area (Å²) in [6.07, 6.45) is 4.44. The topological polar surface area (TPSA) is 34.1 Å². The number of ketones is 2. The first kappa shape index (κ1) is 7.92. The predicted molar refractivity (Wildman–Crippen MR) is 42.1 cm³/mol. The zero-order valence-corrected chi connectivity index (χ0v) is 6.63. The fraction of sp³-hybridized carbons (Fsp3) is 0.333. The van der Waals surface area contributed by atoms with Crippen LogP contribution >= 0.6 is 0 Å². The summed E-state index contributed by atoms with van der Waals surface area (Å²) in [7, 11) is 0. The molecule has 2 nitrogen and oxygen atoms in total. The van der Waals surface area contributed by atoms with E-state index in [1.165, 1.54) is 12.2 Å². The summed E-state index contributed by atoms with van der Waals surface area (Å²) in [5.41, 5.74) is 0.926. The van der Waals surface area contributed by atoms with Crippen LogP contribution < -0.4 is 0 Å².